The first-order chi connectivity index (χ1) is 6.38. The van der Waals surface area contributed by atoms with Gasteiger partial charge in [-0.3, -0.25) is 4.79 Å². The smallest absolute Gasteiger partial charge is 0.289 e. The van der Waals surface area contributed by atoms with E-state index in [-0.39, 0.29) is 30.7 Å². The quantitative estimate of drug-likeness (QED) is 0.756. The summed E-state index contributed by atoms with van der Waals surface area (Å²) in [4.78, 5) is 20.2. The molecular weight excluding hydrogens is 239 g/mol. The monoisotopic (exact) mass is 252 g/mol. The highest BCUT2D eigenvalue weighted by Gasteiger charge is 2.18. The molecule has 0 unspecified atom stereocenters. The summed E-state index contributed by atoms with van der Waals surface area (Å²) in [6.45, 7) is 3.26. The molecular formula is C8H14Cl2N4O. The van der Waals surface area contributed by atoms with Crippen molar-refractivity contribution in [2.45, 2.75) is 0 Å². The Labute approximate surface area is 100 Å². The second-order valence-corrected chi connectivity index (χ2v) is 2.98. The molecule has 2 N–H and O–H groups in total. The maximum Gasteiger partial charge on any atom is 0.289 e. The Bertz CT molecular complexity index is 285. The lowest BCUT2D eigenvalue weighted by Gasteiger charge is -2.26. The fraction of sp³-hybridized carbons (Fsp3) is 0.500. The van der Waals surface area contributed by atoms with Gasteiger partial charge in [-0.1, -0.05) is 0 Å². The Morgan fingerprint density at radius 2 is 2.00 bits per heavy atom. The number of hydrogen-bond donors (Lipinski definition) is 2. The van der Waals surface area contributed by atoms with Gasteiger partial charge in [-0.2, -0.15) is 0 Å². The third kappa shape index (κ3) is 3.37. The van der Waals surface area contributed by atoms with E-state index in [0.717, 1.165) is 26.2 Å². The zero-order chi connectivity index (χ0) is 9.10. The van der Waals surface area contributed by atoms with Crippen LogP contribution in [0.2, 0.25) is 0 Å². The molecule has 5 nitrogen and oxygen atoms in total. The average molecular weight is 253 g/mol. The number of aromatic nitrogens is 2. The minimum Gasteiger partial charge on any atom is -0.341 e. The third-order valence-electron chi connectivity index (χ3n) is 2.11. The predicted molar refractivity (Wildman–Crippen MR) is 61.9 cm³/mol. The van der Waals surface area contributed by atoms with Gasteiger partial charge in [-0.15, -0.1) is 24.8 Å². The van der Waals surface area contributed by atoms with E-state index in [1.807, 2.05) is 0 Å². The number of carbonyl (C=O) groups is 1. The van der Waals surface area contributed by atoms with Gasteiger partial charge in [-0.25, -0.2) is 4.98 Å². The van der Waals surface area contributed by atoms with Gasteiger partial charge in [0.15, 0.2) is 5.82 Å². The van der Waals surface area contributed by atoms with E-state index in [2.05, 4.69) is 15.3 Å². The number of carbonyl (C=O) groups excluding carboxylic acids is 1. The van der Waals surface area contributed by atoms with E-state index in [9.17, 15) is 4.79 Å². The van der Waals surface area contributed by atoms with Crippen molar-refractivity contribution in [2.24, 2.45) is 0 Å². The van der Waals surface area contributed by atoms with Crippen molar-refractivity contribution in [1.82, 2.24) is 20.2 Å². The fourth-order valence-corrected chi connectivity index (χ4v) is 1.40. The summed E-state index contributed by atoms with van der Waals surface area (Å²) in [5.41, 5.74) is 0. The lowest BCUT2D eigenvalue weighted by molar-refractivity contribution is 0.0724. The molecule has 0 bridgehead atoms. The van der Waals surface area contributed by atoms with Gasteiger partial charge in [0.2, 0.25) is 0 Å². The number of halogens is 2. The molecule has 1 amide bonds. The number of rotatable bonds is 1. The highest BCUT2D eigenvalue weighted by atomic mass is 35.5. The van der Waals surface area contributed by atoms with Crippen LogP contribution in [0.5, 0.6) is 0 Å². The molecule has 1 fully saturated rings. The number of amides is 1. The van der Waals surface area contributed by atoms with Gasteiger partial charge < -0.3 is 15.2 Å². The van der Waals surface area contributed by atoms with E-state index >= 15 is 0 Å². The van der Waals surface area contributed by atoms with E-state index < -0.39 is 0 Å². The summed E-state index contributed by atoms with van der Waals surface area (Å²) >= 11 is 0. The van der Waals surface area contributed by atoms with Crippen LogP contribution in [-0.2, 0) is 0 Å². The molecule has 1 aromatic heterocycles. The Balaban J connectivity index is 0.000000980. The largest absolute Gasteiger partial charge is 0.341 e. The van der Waals surface area contributed by atoms with Crippen LogP contribution in [-0.4, -0.2) is 47.0 Å². The Kier molecular flexibility index (Phi) is 6.31. The molecule has 0 atom stereocenters. The maximum atomic E-state index is 11.7. The molecule has 1 aliphatic rings. The first kappa shape index (κ1) is 14.2. The summed E-state index contributed by atoms with van der Waals surface area (Å²) < 4.78 is 0. The number of nitrogens with zero attached hydrogens (tertiary/aromatic N) is 2. The molecule has 0 spiro atoms. The number of nitrogens with one attached hydrogen (secondary N) is 2. The normalized spacial score (nSPS) is 15.1. The van der Waals surface area contributed by atoms with Crippen LogP contribution >= 0.6 is 24.8 Å². The molecule has 1 aliphatic heterocycles. The maximum absolute atomic E-state index is 11.7. The molecule has 0 aromatic carbocycles. The minimum absolute atomic E-state index is 0. The van der Waals surface area contributed by atoms with Gasteiger partial charge in [0, 0.05) is 38.6 Å². The fourth-order valence-electron chi connectivity index (χ4n) is 1.40. The van der Waals surface area contributed by atoms with Gasteiger partial charge in [0.25, 0.3) is 5.91 Å². The van der Waals surface area contributed by atoms with E-state index in [1.54, 1.807) is 17.3 Å². The average Bonchev–Trinajstić information content (AvgIpc) is 2.71. The topological polar surface area (TPSA) is 61.0 Å². The van der Waals surface area contributed by atoms with Crippen molar-refractivity contribution < 1.29 is 4.79 Å². The van der Waals surface area contributed by atoms with Crippen molar-refractivity contribution in [3.8, 4) is 0 Å². The van der Waals surface area contributed by atoms with Gasteiger partial charge in [0.1, 0.15) is 0 Å². The number of hydrogen-bond acceptors (Lipinski definition) is 3. The molecule has 7 heteroatoms. The molecule has 0 radical (unpaired) electrons. The van der Waals surface area contributed by atoms with Crippen molar-refractivity contribution in [1.29, 1.82) is 0 Å². The Hall–Kier alpha value is -0.780. The zero-order valence-corrected chi connectivity index (χ0v) is 9.74. The summed E-state index contributed by atoms with van der Waals surface area (Å²) in [6.07, 6.45) is 3.25. The van der Waals surface area contributed by atoms with Crippen LogP contribution in [0.4, 0.5) is 0 Å². The zero-order valence-electron chi connectivity index (χ0n) is 8.10. The van der Waals surface area contributed by atoms with E-state index in [1.165, 1.54) is 0 Å². The number of piperazine rings is 1. The molecule has 0 aliphatic carbocycles. The van der Waals surface area contributed by atoms with Crippen molar-refractivity contribution >= 4 is 30.7 Å². The number of H-pyrrole nitrogens is 1. The van der Waals surface area contributed by atoms with Gasteiger partial charge in [-0.05, 0) is 0 Å². The van der Waals surface area contributed by atoms with Crippen molar-refractivity contribution in [3.63, 3.8) is 0 Å². The highest BCUT2D eigenvalue weighted by molar-refractivity contribution is 5.90. The molecule has 15 heavy (non-hydrogen) atoms. The highest BCUT2D eigenvalue weighted by Crippen LogP contribution is 1.99. The van der Waals surface area contributed by atoms with Crippen LogP contribution in [0.15, 0.2) is 12.4 Å². The first-order valence-electron chi connectivity index (χ1n) is 4.37. The predicted octanol–water partition coefficient (Wildman–Crippen LogP) is 0.299. The molecule has 2 heterocycles. The van der Waals surface area contributed by atoms with Crippen LogP contribution in [0.3, 0.4) is 0 Å². The lowest BCUT2D eigenvalue weighted by atomic mass is 10.3. The SMILES string of the molecule is Cl.Cl.O=C(c1ncc[nH]1)N1CCNCC1. The molecule has 0 saturated carbocycles. The number of imidazole rings is 1. The van der Waals surface area contributed by atoms with E-state index in [4.69, 9.17) is 0 Å². The van der Waals surface area contributed by atoms with Crippen LogP contribution < -0.4 is 5.32 Å². The molecule has 1 aromatic rings. The summed E-state index contributed by atoms with van der Waals surface area (Å²) in [7, 11) is 0. The summed E-state index contributed by atoms with van der Waals surface area (Å²) in [6, 6.07) is 0. The van der Waals surface area contributed by atoms with E-state index in [0.29, 0.717) is 5.82 Å². The Morgan fingerprint density at radius 3 is 2.53 bits per heavy atom. The lowest BCUT2D eigenvalue weighted by Crippen LogP contribution is -2.46. The molecule has 2 rings (SSSR count). The van der Waals surface area contributed by atoms with Gasteiger partial charge >= 0.3 is 0 Å². The second kappa shape index (κ2) is 6.66. The first-order valence-corrected chi connectivity index (χ1v) is 4.37. The summed E-state index contributed by atoms with van der Waals surface area (Å²) in [5, 5.41) is 3.19. The van der Waals surface area contributed by atoms with Crippen LogP contribution in [0, 0.1) is 0 Å². The minimum atomic E-state index is -0.00787. The van der Waals surface area contributed by atoms with Crippen molar-refractivity contribution in [3.05, 3.63) is 18.2 Å². The van der Waals surface area contributed by atoms with Crippen LogP contribution in [0.1, 0.15) is 10.6 Å². The third-order valence-corrected chi connectivity index (χ3v) is 2.11. The van der Waals surface area contributed by atoms with Crippen LogP contribution in [0.25, 0.3) is 0 Å². The molecule has 86 valence electrons. The standard InChI is InChI=1S/C8H12N4O.2ClH/c13-8(7-10-1-2-11-7)12-5-3-9-4-6-12;;/h1-2,9H,3-6H2,(H,10,11);2*1H. The second-order valence-electron chi connectivity index (χ2n) is 2.98. The number of aromatic amines is 1. The Morgan fingerprint density at radius 1 is 1.33 bits per heavy atom. The van der Waals surface area contributed by atoms with Gasteiger partial charge in [0.05, 0.1) is 0 Å². The van der Waals surface area contributed by atoms with Crippen molar-refractivity contribution in [2.75, 3.05) is 26.2 Å². The summed E-state index contributed by atoms with van der Waals surface area (Å²) in [5.74, 6) is 0.424. The molecule has 1 saturated heterocycles.